The summed E-state index contributed by atoms with van der Waals surface area (Å²) in [4.78, 5) is 11.4. The molecule has 0 unspecified atom stereocenters. The molecule has 0 aliphatic rings. The Hall–Kier alpha value is -0.530. The second-order valence-corrected chi connectivity index (χ2v) is 7.63. The van der Waals surface area contributed by atoms with Gasteiger partial charge < -0.3 is 4.74 Å². The van der Waals surface area contributed by atoms with Crippen molar-refractivity contribution < 1.29 is 9.53 Å². The van der Waals surface area contributed by atoms with Crippen molar-refractivity contribution in [1.29, 1.82) is 0 Å². The third-order valence-electron chi connectivity index (χ3n) is 5.00. The lowest BCUT2D eigenvalue weighted by atomic mass is 10.0. The van der Waals surface area contributed by atoms with E-state index >= 15 is 0 Å². The molecular formula is C23H46O2. The normalized spacial score (nSPS) is 11.0. The molecule has 0 spiro atoms. The minimum atomic E-state index is -0.00110. The van der Waals surface area contributed by atoms with Crippen LogP contribution in [0.2, 0.25) is 0 Å². The first-order chi connectivity index (χ1) is 12.3. The molecule has 0 rings (SSSR count). The minimum absolute atomic E-state index is 0.00110. The summed E-state index contributed by atoms with van der Waals surface area (Å²) in [5.41, 5.74) is 0. The summed E-state index contributed by atoms with van der Waals surface area (Å²) in [5.74, 6) is -0.00110. The van der Waals surface area contributed by atoms with Crippen LogP contribution in [0.4, 0.5) is 0 Å². The highest BCUT2D eigenvalue weighted by atomic mass is 16.5. The molecule has 0 heterocycles. The predicted molar refractivity (Wildman–Crippen MR) is 110 cm³/mol. The summed E-state index contributed by atoms with van der Waals surface area (Å²) >= 11 is 0. The summed E-state index contributed by atoms with van der Waals surface area (Å²) in [6.45, 7) is 5.00. The molecule has 0 saturated carbocycles. The average molecular weight is 355 g/mol. The Bertz CT molecular complexity index is 263. The van der Waals surface area contributed by atoms with E-state index in [2.05, 4.69) is 13.8 Å². The lowest BCUT2D eigenvalue weighted by Gasteiger charge is -2.04. The highest BCUT2D eigenvalue weighted by Crippen LogP contribution is 2.14. The number of unbranched alkanes of at least 4 members (excludes halogenated alkanes) is 16. The van der Waals surface area contributed by atoms with Crippen LogP contribution in [0.3, 0.4) is 0 Å². The maximum Gasteiger partial charge on any atom is 0.305 e. The first-order valence-electron chi connectivity index (χ1n) is 11.5. The molecule has 0 aromatic heterocycles. The lowest BCUT2D eigenvalue weighted by molar-refractivity contribution is -0.143. The molecule has 0 amide bonds. The molecule has 0 aromatic rings. The van der Waals surface area contributed by atoms with E-state index in [4.69, 9.17) is 4.74 Å². The summed E-state index contributed by atoms with van der Waals surface area (Å²) in [7, 11) is 0. The number of ether oxygens (including phenoxy) is 1. The van der Waals surface area contributed by atoms with Gasteiger partial charge >= 0.3 is 5.97 Å². The van der Waals surface area contributed by atoms with Crippen LogP contribution < -0.4 is 0 Å². The number of carbonyl (C=O) groups is 1. The zero-order valence-corrected chi connectivity index (χ0v) is 17.5. The van der Waals surface area contributed by atoms with Gasteiger partial charge in [-0.1, -0.05) is 117 Å². The Morgan fingerprint density at radius 3 is 1.28 bits per heavy atom. The molecular weight excluding hydrogens is 308 g/mol. The Kier molecular flexibility index (Phi) is 21.1. The van der Waals surface area contributed by atoms with E-state index in [-0.39, 0.29) is 5.97 Å². The van der Waals surface area contributed by atoms with Crippen LogP contribution in [0.15, 0.2) is 0 Å². The maximum absolute atomic E-state index is 11.4. The van der Waals surface area contributed by atoms with Crippen molar-refractivity contribution in [3.8, 4) is 0 Å². The van der Waals surface area contributed by atoms with Crippen LogP contribution in [0, 0.1) is 0 Å². The molecule has 0 saturated heterocycles. The molecule has 2 heteroatoms. The monoisotopic (exact) mass is 354 g/mol. The van der Waals surface area contributed by atoms with E-state index in [0.717, 1.165) is 19.3 Å². The van der Waals surface area contributed by atoms with Crippen LogP contribution in [-0.4, -0.2) is 12.6 Å². The van der Waals surface area contributed by atoms with E-state index in [1.165, 1.54) is 96.3 Å². The SMILES string of the molecule is CCCCCCCCCCCCCCCCCCC(=O)OCCCC. The first kappa shape index (κ1) is 24.5. The first-order valence-corrected chi connectivity index (χ1v) is 11.5. The van der Waals surface area contributed by atoms with Crippen LogP contribution in [0.5, 0.6) is 0 Å². The molecule has 0 aromatic carbocycles. The van der Waals surface area contributed by atoms with Crippen LogP contribution >= 0.6 is 0 Å². The van der Waals surface area contributed by atoms with Gasteiger partial charge in [0, 0.05) is 6.42 Å². The van der Waals surface area contributed by atoms with Gasteiger partial charge in [0.1, 0.15) is 0 Å². The van der Waals surface area contributed by atoms with E-state index in [0.29, 0.717) is 13.0 Å². The third-order valence-corrected chi connectivity index (χ3v) is 5.00. The molecule has 0 aliphatic heterocycles. The largest absolute Gasteiger partial charge is 0.466 e. The van der Waals surface area contributed by atoms with Crippen LogP contribution in [0.25, 0.3) is 0 Å². The second kappa shape index (κ2) is 21.5. The van der Waals surface area contributed by atoms with Gasteiger partial charge in [-0.05, 0) is 12.8 Å². The molecule has 150 valence electrons. The molecule has 25 heavy (non-hydrogen) atoms. The van der Waals surface area contributed by atoms with E-state index in [1.54, 1.807) is 0 Å². The van der Waals surface area contributed by atoms with Gasteiger partial charge in [0.2, 0.25) is 0 Å². The van der Waals surface area contributed by atoms with Crippen LogP contribution in [0.1, 0.15) is 136 Å². The number of rotatable bonds is 20. The fourth-order valence-corrected chi connectivity index (χ4v) is 3.22. The summed E-state index contributed by atoms with van der Waals surface area (Å²) in [6, 6.07) is 0. The molecule has 0 N–H and O–H groups in total. The second-order valence-electron chi connectivity index (χ2n) is 7.63. The quantitative estimate of drug-likeness (QED) is 0.164. The predicted octanol–water partition coefficient (Wildman–Crippen LogP) is 7.98. The molecule has 0 fully saturated rings. The van der Waals surface area contributed by atoms with Gasteiger partial charge in [-0.3, -0.25) is 4.79 Å². The number of hydrogen-bond donors (Lipinski definition) is 0. The standard InChI is InChI=1S/C23H46O2/c1-3-5-7-8-9-10-11-12-13-14-15-16-17-18-19-20-21-23(24)25-22-6-4-2/h3-22H2,1-2H3. The van der Waals surface area contributed by atoms with Crippen molar-refractivity contribution in [2.75, 3.05) is 6.61 Å². The Morgan fingerprint density at radius 2 is 0.880 bits per heavy atom. The number of hydrogen-bond acceptors (Lipinski definition) is 2. The van der Waals surface area contributed by atoms with Crippen molar-refractivity contribution >= 4 is 5.97 Å². The minimum Gasteiger partial charge on any atom is -0.466 e. The van der Waals surface area contributed by atoms with Gasteiger partial charge in [0.25, 0.3) is 0 Å². The topological polar surface area (TPSA) is 26.3 Å². The van der Waals surface area contributed by atoms with Crippen molar-refractivity contribution in [2.24, 2.45) is 0 Å². The molecule has 2 nitrogen and oxygen atoms in total. The highest BCUT2D eigenvalue weighted by molar-refractivity contribution is 5.69. The summed E-state index contributed by atoms with van der Waals surface area (Å²) in [6.07, 6.45) is 24.6. The molecule has 0 aliphatic carbocycles. The van der Waals surface area contributed by atoms with Crippen molar-refractivity contribution in [3.63, 3.8) is 0 Å². The zero-order chi connectivity index (χ0) is 18.4. The van der Waals surface area contributed by atoms with E-state index < -0.39 is 0 Å². The average Bonchev–Trinajstić information content (AvgIpc) is 2.61. The molecule has 0 bridgehead atoms. The summed E-state index contributed by atoms with van der Waals surface area (Å²) < 4.78 is 5.17. The van der Waals surface area contributed by atoms with Crippen molar-refractivity contribution in [2.45, 2.75) is 136 Å². The van der Waals surface area contributed by atoms with Crippen molar-refractivity contribution in [1.82, 2.24) is 0 Å². The number of carbonyl (C=O) groups excluding carboxylic acids is 1. The van der Waals surface area contributed by atoms with Crippen molar-refractivity contribution in [3.05, 3.63) is 0 Å². The Morgan fingerprint density at radius 1 is 0.520 bits per heavy atom. The molecule has 0 radical (unpaired) electrons. The van der Waals surface area contributed by atoms with Gasteiger partial charge in [0.05, 0.1) is 6.61 Å². The Balaban J connectivity index is 3.06. The smallest absolute Gasteiger partial charge is 0.305 e. The number of esters is 1. The summed E-state index contributed by atoms with van der Waals surface area (Å²) in [5, 5.41) is 0. The fraction of sp³-hybridized carbons (Fsp3) is 0.957. The van der Waals surface area contributed by atoms with E-state index in [1.807, 2.05) is 0 Å². The fourth-order valence-electron chi connectivity index (χ4n) is 3.22. The van der Waals surface area contributed by atoms with Gasteiger partial charge in [-0.25, -0.2) is 0 Å². The zero-order valence-electron chi connectivity index (χ0n) is 17.5. The Labute approximate surface area is 158 Å². The van der Waals surface area contributed by atoms with Gasteiger partial charge in [-0.2, -0.15) is 0 Å². The maximum atomic E-state index is 11.4. The molecule has 0 atom stereocenters. The van der Waals surface area contributed by atoms with Gasteiger partial charge in [0.15, 0.2) is 0 Å². The van der Waals surface area contributed by atoms with Crippen LogP contribution in [-0.2, 0) is 9.53 Å². The van der Waals surface area contributed by atoms with Gasteiger partial charge in [-0.15, -0.1) is 0 Å². The third kappa shape index (κ3) is 21.4. The lowest BCUT2D eigenvalue weighted by Crippen LogP contribution is -2.05. The highest BCUT2D eigenvalue weighted by Gasteiger charge is 2.01. The van der Waals surface area contributed by atoms with E-state index in [9.17, 15) is 4.79 Å².